The van der Waals surface area contributed by atoms with E-state index in [2.05, 4.69) is 0 Å². The second-order valence-corrected chi connectivity index (χ2v) is 7.84. The van der Waals surface area contributed by atoms with Crippen LogP contribution in [0.15, 0.2) is 41.3 Å². The van der Waals surface area contributed by atoms with Crippen LogP contribution in [0.25, 0.3) is 10.8 Å². The van der Waals surface area contributed by atoms with E-state index < -0.39 is 10.0 Å². The summed E-state index contributed by atoms with van der Waals surface area (Å²) in [5.74, 6) is 0.147. The molecule has 3 rings (SSSR count). The highest BCUT2D eigenvalue weighted by molar-refractivity contribution is 7.89. The van der Waals surface area contributed by atoms with E-state index in [0.717, 1.165) is 5.39 Å². The number of nitrogens with two attached hydrogens (primary N) is 1. The molecule has 0 bridgehead atoms. The Morgan fingerprint density at radius 2 is 1.90 bits per heavy atom. The van der Waals surface area contributed by atoms with Crippen molar-refractivity contribution in [2.24, 2.45) is 11.7 Å². The molecule has 1 saturated heterocycles. The number of hydrogen-bond donors (Lipinski definition) is 1. The van der Waals surface area contributed by atoms with Gasteiger partial charge in [0, 0.05) is 24.5 Å². The van der Waals surface area contributed by atoms with Gasteiger partial charge in [-0.25, -0.2) is 8.42 Å². The minimum atomic E-state index is -3.64. The summed E-state index contributed by atoms with van der Waals surface area (Å²) in [6.07, 6.45) is 0. The van der Waals surface area contributed by atoms with Crippen molar-refractivity contribution in [3.63, 3.8) is 0 Å². The second kappa shape index (κ2) is 5.25. The largest absolute Gasteiger partial charge is 0.326 e. The number of halogens is 1. The summed E-state index contributed by atoms with van der Waals surface area (Å²) < 4.78 is 27.3. The van der Waals surface area contributed by atoms with Crippen LogP contribution >= 0.6 is 11.6 Å². The van der Waals surface area contributed by atoms with E-state index in [1.165, 1.54) is 4.31 Å². The fourth-order valence-electron chi connectivity index (χ4n) is 2.75. The van der Waals surface area contributed by atoms with Crippen LogP contribution in [0.5, 0.6) is 0 Å². The molecule has 1 heterocycles. The zero-order valence-electron chi connectivity index (χ0n) is 11.7. The molecule has 2 N–H and O–H groups in total. The van der Waals surface area contributed by atoms with Crippen molar-refractivity contribution in [1.82, 2.24) is 4.31 Å². The molecule has 6 heteroatoms. The molecule has 2 aromatic rings. The summed E-state index contributed by atoms with van der Waals surface area (Å²) >= 11 is 6.20. The minimum Gasteiger partial charge on any atom is -0.326 e. The highest BCUT2D eigenvalue weighted by Crippen LogP contribution is 2.34. The molecule has 0 saturated carbocycles. The van der Waals surface area contributed by atoms with E-state index in [-0.39, 0.29) is 21.9 Å². The Bertz CT molecular complexity index is 781. The summed E-state index contributed by atoms with van der Waals surface area (Å²) in [6, 6.07) is 10.7. The summed E-state index contributed by atoms with van der Waals surface area (Å²) in [6.45, 7) is 2.73. The third-order valence-electron chi connectivity index (χ3n) is 4.07. The molecule has 112 valence electrons. The van der Waals surface area contributed by atoms with Crippen molar-refractivity contribution >= 4 is 32.4 Å². The molecule has 21 heavy (non-hydrogen) atoms. The molecule has 0 unspecified atom stereocenters. The highest BCUT2D eigenvalue weighted by atomic mass is 35.5. The van der Waals surface area contributed by atoms with Gasteiger partial charge in [-0.05, 0) is 17.4 Å². The Hall–Kier alpha value is -1.14. The van der Waals surface area contributed by atoms with Gasteiger partial charge in [0.05, 0.1) is 5.02 Å². The van der Waals surface area contributed by atoms with Crippen LogP contribution in [0.3, 0.4) is 0 Å². The lowest BCUT2D eigenvalue weighted by Crippen LogP contribution is -2.32. The second-order valence-electron chi connectivity index (χ2n) is 5.56. The monoisotopic (exact) mass is 324 g/mol. The molecule has 0 amide bonds. The Kier molecular flexibility index (Phi) is 3.69. The Morgan fingerprint density at radius 3 is 2.57 bits per heavy atom. The van der Waals surface area contributed by atoms with Crippen LogP contribution in [0.1, 0.15) is 6.92 Å². The molecular formula is C15H17ClN2O2S. The molecule has 1 aliphatic rings. The predicted molar refractivity (Wildman–Crippen MR) is 84.9 cm³/mol. The van der Waals surface area contributed by atoms with Crippen LogP contribution in [-0.4, -0.2) is 31.9 Å². The van der Waals surface area contributed by atoms with E-state index in [0.29, 0.717) is 18.5 Å². The average molecular weight is 325 g/mol. The maximum Gasteiger partial charge on any atom is 0.245 e. The van der Waals surface area contributed by atoms with Crippen molar-refractivity contribution in [2.75, 3.05) is 13.1 Å². The molecule has 4 nitrogen and oxygen atoms in total. The summed E-state index contributed by atoms with van der Waals surface area (Å²) in [5.41, 5.74) is 5.96. The standard InChI is InChI=1S/C15H17ClN2O2S/c1-10-8-18(9-14(10)17)21(19,20)15-12-5-3-2-4-11(12)6-7-13(15)16/h2-7,10,14H,8-9,17H2,1H3/t10-,14-/m1/s1. The molecule has 0 aromatic heterocycles. The van der Waals surface area contributed by atoms with Crippen molar-refractivity contribution in [3.05, 3.63) is 41.4 Å². The Balaban J connectivity index is 2.18. The molecule has 2 atom stereocenters. The number of sulfonamides is 1. The zero-order chi connectivity index (χ0) is 15.2. The highest BCUT2D eigenvalue weighted by Gasteiger charge is 2.37. The molecule has 0 radical (unpaired) electrons. The lowest BCUT2D eigenvalue weighted by atomic mass is 10.1. The first-order valence-electron chi connectivity index (χ1n) is 6.84. The Morgan fingerprint density at radius 1 is 1.19 bits per heavy atom. The lowest BCUT2D eigenvalue weighted by Gasteiger charge is -2.18. The van der Waals surface area contributed by atoms with Crippen LogP contribution in [0.4, 0.5) is 0 Å². The lowest BCUT2D eigenvalue weighted by molar-refractivity contribution is 0.465. The van der Waals surface area contributed by atoms with Gasteiger partial charge in [-0.15, -0.1) is 0 Å². The fraction of sp³-hybridized carbons (Fsp3) is 0.333. The number of hydrogen-bond acceptors (Lipinski definition) is 3. The van der Waals surface area contributed by atoms with Gasteiger partial charge in [0.15, 0.2) is 0 Å². The predicted octanol–water partition coefficient (Wildman–Crippen LogP) is 2.46. The van der Waals surface area contributed by atoms with E-state index in [1.54, 1.807) is 12.1 Å². The topological polar surface area (TPSA) is 63.4 Å². The first-order chi connectivity index (χ1) is 9.91. The van der Waals surface area contributed by atoms with Gasteiger partial charge < -0.3 is 5.73 Å². The van der Waals surface area contributed by atoms with Gasteiger partial charge >= 0.3 is 0 Å². The van der Waals surface area contributed by atoms with Crippen LogP contribution < -0.4 is 5.73 Å². The fourth-order valence-corrected chi connectivity index (χ4v) is 5.04. The van der Waals surface area contributed by atoms with E-state index >= 15 is 0 Å². The normalized spacial score (nSPS) is 23.8. The molecule has 2 aromatic carbocycles. The maximum atomic E-state index is 12.9. The summed E-state index contributed by atoms with van der Waals surface area (Å²) in [5, 5.41) is 1.76. The minimum absolute atomic E-state index is 0.131. The quantitative estimate of drug-likeness (QED) is 0.923. The molecular weight excluding hydrogens is 308 g/mol. The van der Waals surface area contributed by atoms with E-state index in [1.807, 2.05) is 31.2 Å². The first-order valence-corrected chi connectivity index (χ1v) is 8.66. The molecule has 0 spiro atoms. The maximum absolute atomic E-state index is 12.9. The van der Waals surface area contributed by atoms with Crippen molar-refractivity contribution in [1.29, 1.82) is 0 Å². The third-order valence-corrected chi connectivity index (χ3v) is 6.43. The van der Waals surface area contributed by atoms with Crippen molar-refractivity contribution in [2.45, 2.75) is 17.9 Å². The SMILES string of the molecule is C[C@@H]1CN(S(=O)(=O)c2c(Cl)ccc3ccccc23)C[C@H]1N. The van der Waals surface area contributed by atoms with E-state index in [9.17, 15) is 8.42 Å². The number of benzene rings is 2. The molecule has 1 fully saturated rings. The van der Waals surface area contributed by atoms with Gasteiger partial charge in [0.25, 0.3) is 0 Å². The van der Waals surface area contributed by atoms with Crippen LogP contribution in [-0.2, 0) is 10.0 Å². The third kappa shape index (κ3) is 2.44. The van der Waals surface area contributed by atoms with Gasteiger partial charge in [-0.2, -0.15) is 4.31 Å². The van der Waals surface area contributed by atoms with Crippen LogP contribution in [0.2, 0.25) is 5.02 Å². The average Bonchev–Trinajstić information content (AvgIpc) is 2.79. The van der Waals surface area contributed by atoms with Crippen LogP contribution in [0, 0.1) is 5.92 Å². The summed E-state index contributed by atoms with van der Waals surface area (Å²) in [4.78, 5) is 0.184. The zero-order valence-corrected chi connectivity index (χ0v) is 13.2. The Labute approximate surface area is 129 Å². The number of fused-ring (bicyclic) bond motifs is 1. The number of nitrogens with zero attached hydrogens (tertiary/aromatic N) is 1. The van der Waals surface area contributed by atoms with E-state index in [4.69, 9.17) is 17.3 Å². The number of rotatable bonds is 2. The molecule has 1 aliphatic heterocycles. The van der Waals surface area contributed by atoms with Gasteiger partial charge in [-0.3, -0.25) is 0 Å². The van der Waals surface area contributed by atoms with Gasteiger partial charge in [-0.1, -0.05) is 48.9 Å². The molecule has 0 aliphatic carbocycles. The smallest absolute Gasteiger partial charge is 0.245 e. The summed E-state index contributed by atoms with van der Waals surface area (Å²) in [7, 11) is -3.64. The van der Waals surface area contributed by atoms with Crippen molar-refractivity contribution in [3.8, 4) is 0 Å². The van der Waals surface area contributed by atoms with Gasteiger partial charge in [0.2, 0.25) is 10.0 Å². The van der Waals surface area contributed by atoms with Gasteiger partial charge in [0.1, 0.15) is 4.90 Å². The van der Waals surface area contributed by atoms with Crippen molar-refractivity contribution < 1.29 is 8.42 Å². The first kappa shape index (κ1) is 14.8.